The Morgan fingerprint density at radius 1 is 1.00 bits per heavy atom. The van der Waals surface area contributed by atoms with Gasteiger partial charge in [-0.3, -0.25) is 0 Å². The predicted octanol–water partition coefficient (Wildman–Crippen LogP) is 3.94. The molecule has 3 rings (SSSR count). The summed E-state index contributed by atoms with van der Waals surface area (Å²) in [4.78, 5) is 16.2. The van der Waals surface area contributed by atoms with Crippen molar-refractivity contribution in [2.75, 3.05) is 0 Å². The maximum atomic E-state index is 8.12. The van der Waals surface area contributed by atoms with Crippen molar-refractivity contribution in [1.82, 2.24) is 15.4 Å². The molecule has 23 heavy (non-hydrogen) atoms. The fraction of sp³-hybridized carbons (Fsp3) is 0.0625. The molecule has 1 heterocycles. The van der Waals surface area contributed by atoms with E-state index in [0.29, 0.717) is 0 Å². The van der Waals surface area contributed by atoms with Crippen molar-refractivity contribution in [3.05, 3.63) is 64.8 Å². The van der Waals surface area contributed by atoms with Gasteiger partial charge in [0, 0.05) is 10.2 Å². The first-order valence-corrected chi connectivity index (χ1v) is 8.33. The molecule has 0 spiro atoms. The Morgan fingerprint density at radius 3 is 2.09 bits per heavy atom. The van der Waals surface area contributed by atoms with E-state index in [0.717, 1.165) is 15.3 Å². The van der Waals surface area contributed by atoms with Gasteiger partial charge in [0.05, 0.1) is 6.20 Å². The van der Waals surface area contributed by atoms with Gasteiger partial charge in [0.2, 0.25) is 0 Å². The first kappa shape index (κ1) is 17.1. The highest BCUT2D eigenvalue weighted by atomic mass is 79.9. The topological polar surface area (TPSA) is 75.7 Å². The summed E-state index contributed by atoms with van der Waals surface area (Å²) in [5, 5.41) is 11.4. The number of hydrogen-bond donors (Lipinski definition) is 1. The molecule has 116 valence electrons. The molecule has 0 saturated heterocycles. The number of hydrogen-bond acceptors (Lipinski definition) is 5. The van der Waals surface area contributed by atoms with Crippen LogP contribution in [0.4, 0.5) is 0 Å². The Bertz CT molecular complexity index is 753. The van der Waals surface area contributed by atoms with Crippen molar-refractivity contribution in [2.45, 2.75) is 10.8 Å². The SMILES string of the molecule is Brc1ccc(-c2ccc(CSc3cn[nH]n3)cc2)cc1.O=C=O. The van der Waals surface area contributed by atoms with Crippen molar-refractivity contribution in [1.29, 1.82) is 0 Å². The molecule has 0 unspecified atom stereocenters. The molecule has 1 aromatic heterocycles. The molecular formula is C16H12BrN3O2S. The molecular weight excluding hydrogens is 378 g/mol. The highest BCUT2D eigenvalue weighted by Crippen LogP contribution is 2.24. The van der Waals surface area contributed by atoms with Gasteiger partial charge in [-0.15, -0.1) is 5.10 Å². The number of thioether (sulfide) groups is 1. The summed E-state index contributed by atoms with van der Waals surface area (Å²) < 4.78 is 1.10. The number of aromatic nitrogens is 3. The van der Waals surface area contributed by atoms with Gasteiger partial charge >= 0.3 is 6.15 Å². The molecule has 0 fully saturated rings. The lowest BCUT2D eigenvalue weighted by atomic mass is 10.0. The van der Waals surface area contributed by atoms with Gasteiger partial charge in [0.1, 0.15) is 5.03 Å². The van der Waals surface area contributed by atoms with Crippen LogP contribution in [0, 0.1) is 0 Å². The van der Waals surface area contributed by atoms with E-state index in [4.69, 9.17) is 9.59 Å². The lowest BCUT2D eigenvalue weighted by Gasteiger charge is -2.04. The zero-order chi connectivity index (χ0) is 16.5. The van der Waals surface area contributed by atoms with E-state index in [1.807, 2.05) is 0 Å². The maximum absolute atomic E-state index is 8.12. The van der Waals surface area contributed by atoms with Crippen LogP contribution in [0.5, 0.6) is 0 Å². The van der Waals surface area contributed by atoms with Crippen molar-refractivity contribution in [2.24, 2.45) is 0 Å². The van der Waals surface area contributed by atoms with E-state index in [2.05, 4.69) is 79.9 Å². The van der Waals surface area contributed by atoms with Crippen LogP contribution in [0.3, 0.4) is 0 Å². The normalized spacial score (nSPS) is 9.61. The van der Waals surface area contributed by atoms with Gasteiger partial charge in [0.15, 0.2) is 0 Å². The Kier molecular flexibility index (Phi) is 6.75. The third kappa shape index (κ3) is 5.49. The molecule has 0 saturated carbocycles. The standard InChI is InChI=1S/C15H12BrN3S.CO2/c16-14-7-5-13(6-8-14)12-3-1-11(2-4-12)10-20-15-9-17-19-18-15;2-1-3/h1-9H,10H2,(H,17,18,19);. The summed E-state index contributed by atoms with van der Waals surface area (Å²) in [7, 11) is 0. The Morgan fingerprint density at radius 2 is 1.57 bits per heavy atom. The minimum Gasteiger partial charge on any atom is -0.197 e. The molecule has 0 bridgehead atoms. The van der Waals surface area contributed by atoms with Gasteiger partial charge in [-0.2, -0.15) is 19.9 Å². The lowest BCUT2D eigenvalue weighted by Crippen LogP contribution is -1.83. The summed E-state index contributed by atoms with van der Waals surface area (Å²) in [6.45, 7) is 0. The van der Waals surface area contributed by atoms with Gasteiger partial charge in [-0.25, -0.2) is 0 Å². The third-order valence-electron chi connectivity index (χ3n) is 2.91. The summed E-state index contributed by atoms with van der Waals surface area (Å²) in [6.07, 6.45) is 1.99. The van der Waals surface area contributed by atoms with Crippen LogP contribution >= 0.6 is 27.7 Å². The molecule has 0 amide bonds. The van der Waals surface area contributed by atoms with Gasteiger partial charge in [0.25, 0.3) is 0 Å². The number of rotatable bonds is 4. The highest BCUT2D eigenvalue weighted by Gasteiger charge is 2.01. The molecule has 0 aliphatic rings. The second-order valence-electron chi connectivity index (χ2n) is 4.38. The number of H-pyrrole nitrogens is 1. The summed E-state index contributed by atoms with van der Waals surface area (Å²) in [6, 6.07) is 17.0. The largest absolute Gasteiger partial charge is 0.373 e. The van der Waals surface area contributed by atoms with Crippen LogP contribution in [-0.4, -0.2) is 21.6 Å². The van der Waals surface area contributed by atoms with Crippen LogP contribution in [0.2, 0.25) is 0 Å². The zero-order valence-corrected chi connectivity index (χ0v) is 14.3. The summed E-state index contributed by atoms with van der Waals surface area (Å²) in [5.41, 5.74) is 3.73. The predicted molar refractivity (Wildman–Crippen MR) is 90.5 cm³/mol. The van der Waals surface area contributed by atoms with Crippen molar-refractivity contribution in [3.63, 3.8) is 0 Å². The third-order valence-corrected chi connectivity index (χ3v) is 4.41. The Balaban J connectivity index is 0.000000595. The number of aromatic amines is 1. The van der Waals surface area contributed by atoms with Gasteiger partial charge < -0.3 is 0 Å². The van der Waals surface area contributed by atoms with E-state index < -0.39 is 0 Å². The molecule has 0 atom stereocenters. The number of carbonyl (C=O) groups excluding carboxylic acids is 2. The summed E-state index contributed by atoms with van der Waals surface area (Å²) in [5.74, 6) is 0.896. The molecule has 0 aliphatic heterocycles. The van der Waals surface area contributed by atoms with E-state index in [9.17, 15) is 0 Å². The van der Waals surface area contributed by atoms with Crippen molar-refractivity contribution < 1.29 is 9.59 Å². The van der Waals surface area contributed by atoms with E-state index in [1.165, 1.54) is 16.7 Å². The van der Waals surface area contributed by atoms with Crippen molar-refractivity contribution >= 4 is 33.8 Å². The second-order valence-corrected chi connectivity index (χ2v) is 6.30. The van der Waals surface area contributed by atoms with Gasteiger partial charge in [-0.05, 0) is 28.8 Å². The smallest absolute Gasteiger partial charge is 0.197 e. The molecule has 7 heteroatoms. The average Bonchev–Trinajstić information content (AvgIpc) is 3.08. The number of nitrogens with zero attached hydrogens (tertiary/aromatic N) is 2. The maximum Gasteiger partial charge on any atom is 0.373 e. The number of benzene rings is 2. The molecule has 3 aromatic rings. The molecule has 0 radical (unpaired) electrons. The fourth-order valence-corrected chi connectivity index (χ4v) is 2.86. The first-order chi connectivity index (χ1) is 11.2. The zero-order valence-electron chi connectivity index (χ0n) is 11.9. The number of nitrogens with one attached hydrogen (secondary N) is 1. The van der Waals surface area contributed by atoms with Crippen molar-refractivity contribution in [3.8, 4) is 11.1 Å². The quantitative estimate of drug-likeness (QED) is 0.683. The highest BCUT2D eigenvalue weighted by molar-refractivity contribution is 9.10. The van der Waals surface area contributed by atoms with Crippen LogP contribution in [-0.2, 0) is 15.3 Å². The molecule has 0 aliphatic carbocycles. The van der Waals surface area contributed by atoms with E-state index in [1.54, 1.807) is 18.0 Å². The monoisotopic (exact) mass is 389 g/mol. The first-order valence-electron chi connectivity index (χ1n) is 6.55. The van der Waals surface area contributed by atoms with E-state index >= 15 is 0 Å². The molecule has 1 N–H and O–H groups in total. The average molecular weight is 390 g/mol. The summed E-state index contributed by atoms with van der Waals surface area (Å²) >= 11 is 5.13. The number of halogens is 1. The van der Waals surface area contributed by atoms with Crippen LogP contribution in [0.25, 0.3) is 11.1 Å². The minimum absolute atomic E-state index is 0.250. The lowest BCUT2D eigenvalue weighted by molar-refractivity contribution is -0.191. The fourth-order valence-electron chi connectivity index (χ4n) is 1.85. The molecule has 2 aromatic carbocycles. The van der Waals surface area contributed by atoms with Crippen LogP contribution in [0.1, 0.15) is 5.56 Å². The molecule has 5 nitrogen and oxygen atoms in total. The van der Waals surface area contributed by atoms with Crippen LogP contribution < -0.4 is 0 Å². The Hall–Kier alpha value is -2.21. The minimum atomic E-state index is 0.250. The second kappa shape index (κ2) is 9.05. The van der Waals surface area contributed by atoms with Gasteiger partial charge in [-0.1, -0.05) is 64.1 Å². The van der Waals surface area contributed by atoms with Crippen LogP contribution in [0.15, 0.2) is 64.2 Å². The Labute approximate surface area is 145 Å². The van der Waals surface area contributed by atoms with E-state index in [-0.39, 0.29) is 6.15 Å².